The van der Waals surface area contributed by atoms with Crippen LogP contribution in [0.2, 0.25) is 0 Å². The number of carbonyl (C=O) groups is 1. The van der Waals surface area contributed by atoms with Crippen LogP contribution in [-0.4, -0.2) is 19.9 Å². The molecule has 1 N–H and O–H groups in total. The first kappa shape index (κ1) is 19.5. The van der Waals surface area contributed by atoms with E-state index in [9.17, 15) is 9.00 Å². The maximum atomic E-state index is 12.9. The summed E-state index contributed by atoms with van der Waals surface area (Å²) >= 11 is 0. The van der Waals surface area contributed by atoms with Gasteiger partial charge in [-0.05, 0) is 47.1 Å². The van der Waals surface area contributed by atoms with E-state index in [2.05, 4.69) is 9.88 Å². The predicted octanol–water partition coefficient (Wildman–Crippen LogP) is 3.83. The molecule has 0 aliphatic rings. The Morgan fingerprint density at radius 3 is 2.24 bits per heavy atom. The number of Topliss-reactive ketones (excluding diaryl/α,β-unsaturated/α-hetero) is 1. The summed E-state index contributed by atoms with van der Waals surface area (Å²) in [7, 11) is -1.32. The van der Waals surface area contributed by atoms with Crippen molar-refractivity contribution >= 4 is 16.8 Å². The first-order valence-electron chi connectivity index (χ1n) is 8.26. The van der Waals surface area contributed by atoms with E-state index >= 15 is 0 Å². The lowest BCUT2D eigenvalue weighted by Crippen LogP contribution is -2.47. The lowest BCUT2D eigenvalue weighted by atomic mass is 9.86. The molecule has 0 saturated heterocycles. The number of benzene rings is 1. The molecule has 0 bridgehead atoms. The molecule has 0 spiro atoms. The standard InChI is InChI=1S/C19H26N2O3S/c1-13-17(14(2)24-20-13)16(22)12-19(6,15-10-8-7-9-11-15)21-25(23)18(3,4)5/h7-11,21H,12H2,1-6H3/t19-,25+/m0/s1. The molecule has 0 radical (unpaired) electrons. The van der Waals surface area contributed by atoms with Gasteiger partial charge in [-0.25, -0.2) is 8.93 Å². The number of aromatic nitrogens is 1. The number of nitrogens with one attached hydrogen (secondary N) is 1. The van der Waals surface area contributed by atoms with Crippen molar-refractivity contribution in [1.82, 2.24) is 9.88 Å². The molecule has 2 atom stereocenters. The van der Waals surface area contributed by atoms with Crippen molar-refractivity contribution in [3.05, 3.63) is 52.9 Å². The van der Waals surface area contributed by atoms with Crippen LogP contribution in [0.15, 0.2) is 34.9 Å². The fourth-order valence-electron chi connectivity index (χ4n) is 2.65. The van der Waals surface area contributed by atoms with Crippen molar-refractivity contribution in [3.8, 4) is 0 Å². The van der Waals surface area contributed by atoms with Gasteiger partial charge in [0, 0.05) is 6.42 Å². The SMILES string of the molecule is Cc1noc(C)c1C(=O)C[C@](C)(N[S@](=O)C(C)(C)C)c1ccccc1. The summed E-state index contributed by atoms with van der Waals surface area (Å²) in [5.74, 6) is 0.427. The van der Waals surface area contributed by atoms with E-state index in [-0.39, 0.29) is 12.2 Å². The third kappa shape index (κ3) is 4.44. The summed E-state index contributed by atoms with van der Waals surface area (Å²) in [6.45, 7) is 11.1. The van der Waals surface area contributed by atoms with Gasteiger partial charge in [0.15, 0.2) is 5.78 Å². The second kappa shape index (κ2) is 7.22. The van der Waals surface area contributed by atoms with Gasteiger partial charge in [0.2, 0.25) is 0 Å². The molecule has 0 aliphatic heterocycles. The van der Waals surface area contributed by atoms with Crippen molar-refractivity contribution in [1.29, 1.82) is 0 Å². The van der Waals surface area contributed by atoms with Crippen LogP contribution in [0.3, 0.4) is 0 Å². The van der Waals surface area contributed by atoms with Crippen LogP contribution in [0.1, 0.15) is 61.5 Å². The summed E-state index contributed by atoms with van der Waals surface area (Å²) in [5, 5.41) is 3.86. The summed E-state index contributed by atoms with van der Waals surface area (Å²) in [6, 6.07) is 9.62. The highest BCUT2D eigenvalue weighted by atomic mass is 32.2. The average Bonchev–Trinajstić information content (AvgIpc) is 2.86. The average molecular weight is 362 g/mol. The Kier molecular flexibility index (Phi) is 5.64. The Morgan fingerprint density at radius 2 is 1.76 bits per heavy atom. The van der Waals surface area contributed by atoms with Gasteiger partial charge in [-0.15, -0.1) is 0 Å². The van der Waals surface area contributed by atoms with Gasteiger partial charge in [0.05, 0.1) is 32.5 Å². The quantitative estimate of drug-likeness (QED) is 0.793. The van der Waals surface area contributed by atoms with E-state index in [1.54, 1.807) is 13.8 Å². The summed E-state index contributed by atoms with van der Waals surface area (Å²) in [5.41, 5.74) is 1.22. The molecular formula is C19H26N2O3S. The van der Waals surface area contributed by atoms with E-state index < -0.39 is 21.3 Å². The molecule has 2 aromatic rings. The molecule has 25 heavy (non-hydrogen) atoms. The number of hydrogen-bond donors (Lipinski definition) is 1. The minimum atomic E-state index is -1.32. The first-order chi connectivity index (χ1) is 11.5. The van der Waals surface area contributed by atoms with Gasteiger partial charge in [0.1, 0.15) is 5.76 Å². The van der Waals surface area contributed by atoms with E-state index in [1.165, 1.54) is 0 Å². The first-order valence-corrected chi connectivity index (χ1v) is 9.41. The lowest BCUT2D eigenvalue weighted by Gasteiger charge is -2.33. The molecule has 1 aromatic heterocycles. The number of hydrogen-bond acceptors (Lipinski definition) is 4. The molecule has 1 heterocycles. The van der Waals surface area contributed by atoms with Crippen molar-refractivity contribution in [2.24, 2.45) is 0 Å². The monoisotopic (exact) mass is 362 g/mol. The molecule has 0 fully saturated rings. The van der Waals surface area contributed by atoms with Crippen LogP contribution in [0.25, 0.3) is 0 Å². The van der Waals surface area contributed by atoms with Crippen LogP contribution in [0, 0.1) is 13.8 Å². The van der Waals surface area contributed by atoms with Crippen molar-refractivity contribution in [2.75, 3.05) is 0 Å². The van der Waals surface area contributed by atoms with Crippen molar-refractivity contribution in [3.63, 3.8) is 0 Å². The van der Waals surface area contributed by atoms with E-state index in [4.69, 9.17) is 4.52 Å². The highest BCUT2D eigenvalue weighted by Crippen LogP contribution is 2.30. The van der Waals surface area contributed by atoms with E-state index in [0.29, 0.717) is 17.0 Å². The zero-order valence-electron chi connectivity index (χ0n) is 15.7. The second-order valence-corrected chi connectivity index (χ2v) is 9.45. The molecule has 0 saturated carbocycles. The van der Waals surface area contributed by atoms with Crippen molar-refractivity contribution in [2.45, 2.75) is 58.2 Å². The maximum Gasteiger partial charge on any atom is 0.170 e. The van der Waals surface area contributed by atoms with Gasteiger partial charge >= 0.3 is 0 Å². The zero-order valence-corrected chi connectivity index (χ0v) is 16.5. The topological polar surface area (TPSA) is 72.2 Å². The number of rotatable bonds is 6. The minimum Gasteiger partial charge on any atom is -0.361 e. The fourth-order valence-corrected chi connectivity index (χ4v) is 3.56. The Bertz CT molecular complexity index is 758. The van der Waals surface area contributed by atoms with E-state index in [1.807, 2.05) is 58.0 Å². The summed E-state index contributed by atoms with van der Waals surface area (Å²) < 4.78 is 20.6. The predicted molar refractivity (Wildman–Crippen MR) is 99.7 cm³/mol. The normalized spacial score (nSPS) is 15.6. The van der Waals surface area contributed by atoms with Gasteiger partial charge in [-0.2, -0.15) is 0 Å². The largest absolute Gasteiger partial charge is 0.361 e. The van der Waals surface area contributed by atoms with Gasteiger partial charge < -0.3 is 4.52 Å². The molecule has 1 aromatic carbocycles. The molecule has 0 amide bonds. The van der Waals surface area contributed by atoms with Crippen LogP contribution >= 0.6 is 0 Å². The van der Waals surface area contributed by atoms with Crippen LogP contribution in [0.4, 0.5) is 0 Å². The van der Waals surface area contributed by atoms with Gasteiger partial charge in [-0.1, -0.05) is 35.5 Å². The number of carbonyl (C=O) groups excluding carboxylic acids is 1. The second-order valence-electron chi connectivity index (χ2n) is 7.48. The third-order valence-corrected chi connectivity index (χ3v) is 5.86. The fraction of sp³-hybridized carbons (Fsp3) is 0.474. The molecule has 0 unspecified atom stereocenters. The van der Waals surface area contributed by atoms with Crippen molar-refractivity contribution < 1.29 is 13.5 Å². The zero-order chi connectivity index (χ0) is 18.8. The molecular weight excluding hydrogens is 336 g/mol. The van der Waals surface area contributed by atoms with Crippen LogP contribution in [-0.2, 0) is 16.5 Å². The smallest absolute Gasteiger partial charge is 0.170 e. The summed E-state index contributed by atoms with van der Waals surface area (Å²) in [6.07, 6.45) is 0.154. The number of aryl methyl sites for hydroxylation is 2. The Morgan fingerprint density at radius 1 is 1.16 bits per heavy atom. The summed E-state index contributed by atoms with van der Waals surface area (Å²) in [4.78, 5) is 12.9. The Hall–Kier alpha value is -1.79. The third-order valence-electron chi connectivity index (χ3n) is 4.11. The number of nitrogens with zero attached hydrogens (tertiary/aromatic N) is 1. The number of ketones is 1. The maximum absolute atomic E-state index is 12.9. The molecule has 136 valence electrons. The molecule has 5 nitrogen and oxygen atoms in total. The van der Waals surface area contributed by atoms with E-state index in [0.717, 1.165) is 5.56 Å². The molecule has 6 heteroatoms. The minimum absolute atomic E-state index is 0.0824. The van der Waals surface area contributed by atoms with Crippen LogP contribution < -0.4 is 4.72 Å². The molecule has 0 aliphatic carbocycles. The lowest BCUT2D eigenvalue weighted by molar-refractivity contribution is 0.0948. The van der Waals surface area contributed by atoms with Crippen LogP contribution in [0.5, 0.6) is 0 Å². The van der Waals surface area contributed by atoms with Gasteiger partial charge in [-0.3, -0.25) is 4.79 Å². The Balaban J connectivity index is 2.39. The highest BCUT2D eigenvalue weighted by Gasteiger charge is 2.35. The highest BCUT2D eigenvalue weighted by molar-refractivity contribution is 7.84. The van der Waals surface area contributed by atoms with Gasteiger partial charge in [0.25, 0.3) is 0 Å². The molecule has 2 rings (SSSR count). The Labute approximate surface area is 151 Å².